The van der Waals surface area contributed by atoms with Crippen molar-refractivity contribution in [3.8, 4) is 11.3 Å². The molecule has 1 N–H and O–H groups in total. The van der Waals surface area contributed by atoms with E-state index in [1.165, 1.54) is 6.39 Å². The quantitative estimate of drug-likeness (QED) is 0.887. The number of carbonyl (C=O) groups is 2. The molecule has 0 aliphatic carbocycles. The van der Waals surface area contributed by atoms with Gasteiger partial charge in [0, 0.05) is 23.7 Å². The van der Waals surface area contributed by atoms with Crippen LogP contribution in [-0.2, 0) is 4.79 Å². The number of benzene rings is 1. The molecule has 6 heteroatoms. The zero-order chi connectivity index (χ0) is 16.1. The molecule has 2 aromatic rings. The van der Waals surface area contributed by atoms with Crippen LogP contribution in [-0.4, -0.2) is 39.5 Å². The highest BCUT2D eigenvalue weighted by Gasteiger charge is 2.19. The van der Waals surface area contributed by atoms with E-state index in [2.05, 4.69) is 4.98 Å². The summed E-state index contributed by atoms with van der Waals surface area (Å²) in [6.07, 6.45) is 2.88. The third kappa shape index (κ3) is 3.72. The molecule has 1 amide bonds. The molecule has 0 aliphatic rings. The Kier molecular flexibility index (Phi) is 4.93. The largest absolute Gasteiger partial charge is 0.481 e. The lowest BCUT2D eigenvalue weighted by Gasteiger charge is -2.26. The molecule has 0 fully saturated rings. The van der Waals surface area contributed by atoms with E-state index in [-0.39, 0.29) is 24.9 Å². The van der Waals surface area contributed by atoms with Crippen molar-refractivity contribution >= 4 is 11.9 Å². The zero-order valence-corrected chi connectivity index (χ0v) is 12.5. The van der Waals surface area contributed by atoms with Crippen LogP contribution in [0.15, 0.2) is 41.3 Å². The van der Waals surface area contributed by atoms with Crippen LogP contribution in [0, 0.1) is 0 Å². The third-order valence-electron chi connectivity index (χ3n) is 3.30. The van der Waals surface area contributed by atoms with Crippen molar-refractivity contribution in [2.45, 2.75) is 26.3 Å². The van der Waals surface area contributed by atoms with Crippen molar-refractivity contribution in [3.05, 3.63) is 42.4 Å². The van der Waals surface area contributed by atoms with Gasteiger partial charge in [-0.05, 0) is 26.0 Å². The maximum absolute atomic E-state index is 12.5. The van der Waals surface area contributed by atoms with Gasteiger partial charge >= 0.3 is 5.97 Å². The molecule has 1 heterocycles. The normalized spacial score (nSPS) is 10.7. The molecule has 0 aliphatic heterocycles. The molecule has 0 bridgehead atoms. The SMILES string of the molecule is CC(C)N(CCC(=O)O)C(=O)c1ccc(-c2cnco2)cc1. The first-order valence-corrected chi connectivity index (χ1v) is 7.00. The number of carbonyl (C=O) groups excluding carboxylic acids is 1. The van der Waals surface area contributed by atoms with Gasteiger partial charge in [-0.1, -0.05) is 12.1 Å². The molecule has 116 valence electrons. The van der Waals surface area contributed by atoms with Crippen LogP contribution in [0.25, 0.3) is 11.3 Å². The van der Waals surface area contributed by atoms with Gasteiger partial charge in [0.25, 0.3) is 5.91 Å². The number of oxazole rings is 1. The molecule has 0 spiro atoms. The minimum Gasteiger partial charge on any atom is -0.481 e. The fourth-order valence-electron chi connectivity index (χ4n) is 2.11. The number of carboxylic acids is 1. The molecule has 6 nitrogen and oxygen atoms in total. The molecule has 0 saturated carbocycles. The Morgan fingerprint density at radius 1 is 1.27 bits per heavy atom. The van der Waals surface area contributed by atoms with Gasteiger partial charge in [0.05, 0.1) is 12.6 Å². The number of nitrogens with zero attached hydrogens (tertiary/aromatic N) is 2. The topological polar surface area (TPSA) is 83.6 Å². The fourth-order valence-corrected chi connectivity index (χ4v) is 2.11. The van der Waals surface area contributed by atoms with E-state index in [1.807, 2.05) is 13.8 Å². The molecule has 0 saturated heterocycles. The first-order chi connectivity index (χ1) is 10.5. The Morgan fingerprint density at radius 2 is 1.95 bits per heavy atom. The number of aromatic nitrogens is 1. The fraction of sp³-hybridized carbons (Fsp3) is 0.312. The second-order valence-corrected chi connectivity index (χ2v) is 5.18. The summed E-state index contributed by atoms with van der Waals surface area (Å²) in [5, 5.41) is 8.78. The predicted molar refractivity (Wildman–Crippen MR) is 80.4 cm³/mol. The highest BCUT2D eigenvalue weighted by atomic mass is 16.4. The minimum atomic E-state index is -0.917. The molecule has 1 aromatic carbocycles. The average molecular weight is 302 g/mol. The van der Waals surface area contributed by atoms with Gasteiger partial charge < -0.3 is 14.4 Å². The Hall–Kier alpha value is -2.63. The van der Waals surface area contributed by atoms with Gasteiger partial charge in [0.1, 0.15) is 0 Å². The summed E-state index contributed by atoms with van der Waals surface area (Å²) in [6, 6.07) is 6.90. The van der Waals surface area contributed by atoms with E-state index >= 15 is 0 Å². The maximum atomic E-state index is 12.5. The zero-order valence-electron chi connectivity index (χ0n) is 12.5. The standard InChI is InChI=1S/C16H18N2O4/c1-11(2)18(8-7-15(19)20)16(21)13-5-3-12(4-6-13)14-9-17-10-22-14/h3-6,9-11H,7-8H2,1-2H3,(H,19,20). The lowest BCUT2D eigenvalue weighted by Crippen LogP contribution is -2.38. The lowest BCUT2D eigenvalue weighted by atomic mass is 10.1. The smallest absolute Gasteiger partial charge is 0.305 e. The van der Waals surface area contributed by atoms with Gasteiger partial charge in [-0.15, -0.1) is 0 Å². The Morgan fingerprint density at radius 3 is 2.45 bits per heavy atom. The summed E-state index contributed by atoms with van der Waals surface area (Å²) in [4.78, 5) is 28.6. The molecule has 22 heavy (non-hydrogen) atoms. The average Bonchev–Trinajstić information content (AvgIpc) is 3.01. The molecular formula is C16H18N2O4. The lowest BCUT2D eigenvalue weighted by molar-refractivity contribution is -0.137. The van der Waals surface area contributed by atoms with Gasteiger partial charge in [0.15, 0.2) is 12.2 Å². The third-order valence-corrected chi connectivity index (χ3v) is 3.30. The van der Waals surface area contributed by atoms with Crippen molar-refractivity contribution in [1.29, 1.82) is 0 Å². The number of hydrogen-bond donors (Lipinski definition) is 1. The summed E-state index contributed by atoms with van der Waals surface area (Å²) in [5.41, 5.74) is 1.35. The van der Waals surface area contributed by atoms with Crippen LogP contribution in [0.1, 0.15) is 30.6 Å². The van der Waals surface area contributed by atoms with E-state index in [1.54, 1.807) is 35.4 Å². The van der Waals surface area contributed by atoms with Gasteiger partial charge in [-0.25, -0.2) is 4.98 Å². The van der Waals surface area contributed by atoms with Gasteiger partial charge in [0.2, 0.25) is 0 Å². The molecular weight excluding hydrogens is 284 g/mol. The Balaban J connectivity index is 2.14. The summed E-state index contributed by atoms with van der Waals surface area (Å²) in [5.74, 6) is -0.468. The van der Waals surface area contributed by atoms with Crippen molar-refractivity contribution in [2.24, 2.45) is 0 Å². The van der Waals surface area contributed by atoms with Crippen molar-refractivity contribution in [3.63, 3.8) is 0 Å². The Labute approximate surface area is 128 Å². The van der Waals surface area contributed by atoms with Crippen molar-refractivity contribution in [1.82, 2.24) is 9.88 Å². The van der Waals surface area contributed by atoms with E-state index < -0.39 is 5.97 Å². The summed E-state index contributed by atoms with van der Waals surface area (Å²) in [6.45, 7) is 3.92. The van der Waals surface area contributed by atoms with Gasteiger partial charge in [-0.2, -0.15) is 0 Å². The number of hydrogen-bond acceptors (Lipinski definition) is 4. The monoisotopic (exact) mass is 302 g/mol. The van der Waals surface area contributed by atoms with Crippen LogP contribution < -0.4 is 0 Å². The van der Waals surface area contributed by atoms with E-state index in [0.29, 0.717) is 11.3 Å². The van der Waals surface area contributed by atoms with Crippen LogP contribution >= 0.6 is 0 Å². The number of rotatable bonds is 6. The second-order valence-electron chi connectivity index (χ2n) is 5.18. The van der Waals surface area contributed by atoms with Gasteiger partial charge in [-0.3, -0.25) is 9.59 Å². The van der Waals surface area contributed by atoms with Crippen molar-refractivity contribution < 1.29 is 19.1 Å². The van der Waals surface area contributed by atoms with E-state index in [4.69, 9.17) is 9.52 Å². The van der Waals surface area contributed by atoms with Crippen molar-refractivity contribution in [2.75, 3.05) is 6.54 Å². The van der Waals surface area contributed by atoms with Crippen LogP contribution in [0.2, 0.25) is 0 Å². The molecule has 0 unspecified atom stereocenters. The molecule has 1 aromatic heterocycles. The Bertz CT molecular complexity index is 633. The highest BCUT2D eigenvalue weighted by molar-refractivity contribution is 5.95. The first kappa shape index (κ1) is 15.8. The molecule has 0 atom stereocenters. The summed E-state index contributed by atoms with van der Waals surface area (Å²) < 4.78 is 5.20. The van der Waals surface area contributed by atoms with E-state index in [0.717, 1.165) is 5.56 Å². The highest BCUT2D eigenvalue weighted by Crippen LogP contribution is 2.20. The second kappa shape index (κ2) is 6.89. The summed E-state index contributed by atoms with van der Waals surface area (Å²) >= 11 is 0. The number of aliphatic carboxylic acids is 1. The number of carboxylic acid groups (broad SMARTS) is 1. The van der Waals surface area contributed by atoms with E-state index in [9.17, 15) is 9.59 Å². The predicted octanol–water partition coefficient (Wildman–Crippen LogP) is 2.67. The van der Waals surface area contributed by atoms with Crippen LogP contribution in [0.3, 0.4) is 0 Å². The van der Waals surface area contributed by atoms with Crippen LogP contribution in [0.5, 0.6) is 0 Å². The van der Waals surface area contributed by atoms with Crippen LogP contribution in [0.4, 0.5) is 0 Å². The minimum absolute atomic E-state index is 0.0687. The maximum Gasteiger partial charge on any atom is 0.305 e. The summed E-state index contributed by atoms with van der Waals surface area (Å²) in [7, 11) is 0. The molecule has 0 radical (unpaired) electrons. The number of amides is 1. The first-order valence-electron chi connectivity index (χ1n) is 7.00. The molecule has 2 rings (SSSR count).